The van der Waals surface area contributed by atoms with Gasteiger partial charge in [-0.1, -0.05) is 13.8 Å². The molecule has 0 radical (unpaired) electrons. The highest BCUT2D eigenvalue weighted by atomic mass is 32.2. The molecule has 0 saturated heterocycles. The van der Waals surface area contributed by atoms with E-state index in [2.05, 4.69) is 10.3 Å². The first-order chi connectivity index (χ1) is 11.9. The highest BCUT2D eigenvalue weighted by Crippen LogP contribution is 2.24. The molecule has 25 heavy (non-hydrogen) atoms. The van der Waals surface area contributed by atoms with Gasteiger partial charge in [-0.15, -0.1) is 11.3 Å². The van der Waals surface area contributed by atoms with Crippen molar-refractivity contribution in [1.29, 1.82) is 0 Å². The lowest BCUT2D eigenvalue weighted by Crippen LogP contribution is -2.30. The van der Waals surface area contributed by atoms with Gasteiger partial charge in [-0.25, -0.2) is 13.4 Å². The van der Waals surface area contributed by atoms with Crippen molar-refractivity contribution in [2.45, 2.75) is 24.6 Å². The molecule has 2 heterocycles. The lowest BCUT2D eigenvalue weighted by Gasteiger charge is -2.16. The highest BCUT2D eigenvalue weighted by molar-refractivity contribution is 7.91. The number of hydrogen-bond acceptors (Lipinski definition) is 6. The number of carbonyl (C=O) groups is 1. The monoisotopic (exact) mass is 383 g/mol. The van der Waals surface area contributed by atoms with Crippen LogP contribution >= 0.6 is 11.3 Å². The first-order valence-corrected chi connectivity index (χ1v) is 10.0. The van der Waals surface area contributed by atoms with Gasteiger partial charge in [0.2, 0.25) is 5.88 Å². The second-order valence-electron chi connectivity index (χ2n) is 5.08. The van der Waals surface area contributed by atoms with E-state index in [4.69, 9.17) is 4.74 Å². The molecule has 0 unspecified atom stereocenters. The van der Waals surface area contributed by atoms with Gasteiger partial charge in [0, 0.05) is 30.2 Å². The molecular formula is C16H21N3O4S2. The summed E-state index contributed by atoms with van der Waals surface area (Å²) in [5.74, 6) is 0.151. The Labute approximate surface area is 151 Å². The maximum Gasteiger partial charge on any atom is 0.253 e. The zero-order chi connectivity index (χ0) is 18.4. The molecule has 0 aliphatic rings. The van der Waals surface area contributed by atoms with Crippen LogP contribution in [-0.2, 0) is 16.6 Å². The van der Waals surface area contributed by atoms with E-state index in [-0.39, 0.29) is 16.7 Å². The summed E-state index contributed by atoms with van der Waals surface area (Å²) in [4.78, 5) is 16.9. The van der Waals surface area contributed by atoms with Crippen molar-refractivity contribution in [3.63, 3.8) is 0 Å². The number of amides is 1. The van der Waals surface area contributed by atoms with Crippen molar-refractivity contribution in [3.05, 3.63) is 40.9 Å². The first kappa shape index (κ1) is 19.4. The summed E-state index contributed by atoms with van der Waals surface area (Å²) in [5.41, 5.74) is 0.411. The molecule has 7 nitrogen and oxygen atoms in total. The molecule has 0 spiro atoms. The van der Waals surface area contributed by atoms with Crippen LogP contribution < -0.4 is 10.1 Å². The Kier molecular flexibility index (Phi) is 6.51. The predicted octanol–water partition coefficient (Wildman–Crippen LogP) is 2.11. The molecule has 2 aromatic heterocycles. The van der Waals surface area contributed by atoms with E-state index in [9.17, 15) is 13.2 Å². The maximum atomic E-state index is 12.5. The van der Waals surface area contributed by atoms with Gasteiger partial charge in [0.25, 0.3) is 15.9 Å². The number of methoxy groups -OCH3 is 1. The van der Waals surface area contributed by atoms with Gasteiger partial charge < -0.3 is 10.1 Å². The van der Waals surface area contributed by atoms with Crippen molar-refractivity contribution in [2.75, 3.05) is 20.2 Å². The van der Waals surface area contributed by atoms with Gasteiger partial charge in [0.1, 0.15) is 4.21 Å². The van der Waals surface area contributed by atoms with Crippen LogP contribution in [0.4, 0.5) is 0 Å². The maximum absolute atomic E-state index is 12.5. The summed E-state index contributed by atoms with van der Waals surface area (Å²) < 4.78 is 31.6. The van der Waals surface area contributed by atoms with Gasteiger partial charge in [0.15, 0.2) is 0 Å². The molecular weight excluding hydrogens is 362 g/mol. The fourth-order valence-corrected chi connectivity index (χ4v) is 5.10. The van der Waals surface area contributed by atoms with Crippen molar-refractivity contribution in [1.82, 2.24) is 14.6 Å². The van der Waals surface area contributed by atoms with Gasteiger partial charge >= 0.3 is 0 Å². The average Bonchev–Trinajstić information content (AvgIpc) is 3.10. The number of hydrogen-bond donors (Lipinski definition) is 1. The van der Waals surface area contributed by atoms with E-state index in [1.54, 1.807) is 38.1 Å². The number of ether oxygens (including phenoxy) is 1. The second kappa shape index (κ2) is 8.41. The summed E-state index contributed by atoms with van der Waals surface area (Å²) in [6, 6.07) is 6.52. The average molecular weight is 383 g/mol. The largest absolute Gasteiger partial charge is 0.481 e. The molecule has 9 heteroatoms. The summed E-state index contributed by atoms with van der Waals surface area (Å²) >= 11 is 1.16. The van der Waals surface area contributed by atoms with E-state index in [0.29, 0.717) is 24.5 Å². The number of rotatable bonds is 8. The van der Waals surface area contributed by atoms with Gasteiger partial charge in [-0.3, -0.25) is 4.79 Å². The Morgan fingerprint density at radius 3 is 2.52 bits per heavy atom. The Morgan fingerprint density at radius 1 is 1.24 bits per heavy atom. The van der Waals surface area contributed by atoms with E-state index < -0.39 is 10.0 Å². The quantitative estimate of drug-likeness (QED) is 0.754. The Balaban J connectivity index is 2.02. The molecule has 0 atom stereocenters. The molecule has 1 amide bonds. The van der Waals surface area contributed by atoms with Crippen LogP contribution in [0.15, 0.2) is 34.7 Å². The van der Waals surface area contributed by atoms with Crippen LogP contribution in [0, 0.1) is 0 Å². The van der Waals surface area contributed by atoms with Gasteiger partial charge in [-0.2, -0.15) is 4.31 Å². The minimum absolute atomic E-state index is 0.253. The van der Waals surface area contributed by atoms with Crippen LogP contribution in [0.2, 0.25) is 0 Å². The molecule has 0 aromatic carbocycles. The standard InChI is InChI=1S/C16H21N3O4S2/c1-4-19(5-2)25(21,22)15-9-7-13(24-15)11-18-16(20)12-6-8-14(23-3)17-10-12/h6-10H,4-5,11H2,1-3H3,(H,18,20). The molecule has 0 aliphatic carbocycles. The fourth-order valence-electron chi connectivity index (χ4n) is 2.19. The summed E-state index contributed by atoms with van der Waals surface area (Å²) in [5, 5.41) is 2.76. The lowest BCUT2D eigenvalue weighted by molar-refractivity contribution is 0.0951. The lowest BCUT2D eigenvalue weighted by atomic mass is 10.2. The molecule has 0 saturated carbocycles. The third kappa shape index (κ3) is 4.56. The zero-order valence-electron chi connectivity index (χ0n) is 14.4. The third-order valence-corrected chi connectivity index (χ3v) is 7.17. The fraction of sp³-hybridized carbons (Fsp3) is 0.375. The van der Waals surface area contributed by atoms with Crippen LogP contribution in [-0.4, -0.2) is 43.8 Å². The minimum Gasteiger partial charge on any atom is -0.481 e. The smallest absolute Gasteiger partial charge is 0.253 e. The number of thiophene rings is 1. The highest BCUT2D eigenvalue weighted by Gasteiger charge is 2.23. The van der Waals surface area contributed by atoms with E-state index >= 15 is 0 Å². The number of pyridine rings is 1. The Hall–Kier alpha value is -1.97. The molecule has 0 aliphatic heterocycles. The van der Waals surface area contributed by atoms with Crippen molar-refractivity contribution >= 4 is 27.3 Å². The SMILES string of the molecule is CCN(CC)S(=O)(=O)c1ccc(CNC(=O)c2ccc(OC)nc2)s1. The topological polar surface area (TPSA) is 88.6 Å². The van der Waals surface area contributed by atoms with E-state index in [1.165, 1.54) is 17.6 Å². The Morgan fingerprint density at radius 2 is 1.96 bits per heavy atom. The van der Waals surface area contributed by atoms with Crippen LogP contribution in [0.1, 0.15) is 29.1 Å². The van der Waals surface area contributed by atoms with Gasteiger partial charge in [-0.05, 0) is 18.2 Å². The number of carbonyl (C=O) groups excluding carboxylic acids is 1. The summed E-state index contributed by atoms with van der Waals surface area (Å²) in [6.07, 6.45) is 1.43. The number of nitrogens with zero attached hydrogens (tertiary/aromatic N) is 2. The van der Waals surface area contributed by atoms with Crippen molar-refractivity contribution in [3.8, 4) is 5.88 Å². The molecule has 0 fully saturated rings. The number of aromatic nitrogens is 1. The van der Waals surface area contributed by atoms with Crippen molar-refractivity contribution in [2.24, 2.45) is 0 Å². The predicted molar refractivity (Wildman–Crippen MR) is 96.4 cm³/mol. The van der Waals surface area contributed by atoms with Crippen LogP contribution in [0.5, 0.6) is 5.88 Å². The molecule has 136 valence electrons. The zero-order valence-corrected chi connectivity index (χ0v) is 16.0. The molecule has 1 N–H and O–H groups in total. The second-order valence-corrected chi connectivity index (χ2v) is 8.42. The van der Waals surface area contributed by atoms with Crippen molar-refractivity contribution < 1.29 is 17.9 Å². The number of nitrogens with one attached hydrogen (secondary N) is 1. The van der Waals surface area contributed by atoms with Crippen LogP contribution in [0.3, 0.4) is 0 Å². The summed E-state index contributed by atoms with van der Waals surface area (Å²) in [6.45, 7) is 4.71. The van der Waals surface area contributed by atoms with Gasteiger partial charge in [0.05, 0.1) is 19.2 Å². The Bertz CT molecular complexity index is 812. The minimum atomic E-state index is -3.46. The summed E-state index contributed by atoms with van der Waals surface area (Å²) in [7, 11) is -1.96. The first-order valence-electron chi connectivity index (χ1n) is 7.79. The normalized spacial score (nSPS) is 11.5. The molecule has 2 aromatic rings. The van der Waals surface area contributed by atoms with E-state index in [0.717, 1.165) is 16.2 Å². The molecule has 0 bridgehead atoms. The third-order valence-electron chi connectivity index (χ3n) is 3.57. The van der Waals surface area contributed by atoms with E-state index in [1.807, 2.05) is 0 Å². The molecule has 2 rings (SSSR count). The van der Waals surface area contributed by atoms with Crippen LogP contribution in [0.25, 0.3) is 0 Å². The number of sulfonamides is 1.